The number of hydrogen-bond donors (Lipinski definition) is 0. The van der Waals surface area contributed by atoms with Crippen LogP contribution in [0.25, 0.3) is 77.2 Å². The summed E-state index contributed by atoms with van der Waals surface area (Å²) in [6.07, 6.45) is 0. The van der Waals surface area contributed by atoms with Crippen LogP contribution in [0.1, 0.15) is 0 Å². The van der Waals surface area contributed by atoms with Crippen LogP contribution in [-0.2, 0) is 0 Å². The molecule has 296 valence electrons. The molecule has 0 radical (unpaired) electrons. The number of rotatable bonds is 8. The summed E-state index contributed by atoms with van der Waals surface area (Å²) >= 11 is 0. The third kappa shape index (κ3) is 5.85. The SMILES string of the molecule is c1ccc(-c2ccc(-c3ccccc3-n3c4ccccc4c4ccc(-n5c6ccccc6c6cccc([Si](c7ccccc7)(c7ccccc7)c7ccccc7)c65)cc43)cc2)cc1. The molecule has 0 bridgehead atoms. The lowest BCUT2D eigenvalue weighted by molar-refractivity contribution is 1.16. The summed E-state index contributed by atoms with van der Waals surface area (Å²) in [6.45, 7) is 0. The van der Waals surface area contributed by atoms with Gasteiger partial charge in [-0.05, 0) is 67.8 Å². The summed E-state index contributed by atoms with van der Waals surface area (Å²) in [5.41, 5.74) is 11.9. The van der Waals surface area contributed by atoms with E-state index in [2.05, 4.69) is 264 Å². The van der Waals surface area contributed by atoms with Gasteiger partial charge in [0.25, 0.3) is 0 Å². The molecule has 3 heteroatoms. The van der Waals surface area contributed by atoms with E-state index in [1.165, 1.54) is 86.6 Å². The van der Waals surface area contributed by atoms with Crippen molar-refractivity contribution in [1.82, 2.24) is 9.13 Å². The van der Waals surface area contributed by atoms with Crippen molar-refractivity contribution in [3.05, 3.63) is 255 Å². The Bertz CT molecular complexity index is 3490. The lowest BCUT2D eigenvalue weighted by atomic mass is 9.99. The van der Waals surface area contributed by atoms with Crippen molar-refractivity contribution in [3.8, 4) is 33.6 Å². The minimum Gasteiger partial charge on any atom is -0.309 e. The molecule has 0 saturated heterocycles. The minimum atomic E-state index is -2.93. The van der Waals surface area contributed by atoms with Gasteiger partial charge in [0.2, 0.25) is 0 Å². The number of hydrogen-bond acceptors (Lipinski definition) is 0. The fraction of sp³-hybridized carbons (Fsp3) is 0. The van der Waals surface area contributed by atoms with E-state index in [4.69, 9.17) is 0 Å². The first-order valence-corrected chi connectivity index (χ1v) is 23.8. The third-order valence-electron chi connectivity index (χ3n) is 13.1. The number of fused-ring (bicyclic) bond motifs is 6. The summed E-state index contributed by atoms with van der Waals surface area (Å²) in [5, 5.41) is 10.4. The molecule has 12 rings (SSSR count). The summed E-state index contributed by atoms with van der Waals surface area (Å²) in [7, 11) is -2.93. The van der Waals surface area contributed by atoms with Crippen LogP contribution in [0.4, 0.5) is 0 Å². The van der Waals surface area contributed by atoms with Crippen LogP contribution in [0.3, 0.4) is 0 Å². The van der Waals surface area contributed by atoms with E-state index in [1.54, 1.807) is 0 Å². The molecule has 12 aromatic rings. The van der Waals surface area contributed by atoms with Crippen LogP contribution in [0.15, 0.2) is 255 Å². The largest absolute Gasteiger partial charge is 0.309 e. The van der Waals surface area contributed by atoms with Gasteiger partial charge in [-0.2, -0.15) is 0 Å². The highest BCUT2D eigenvalue weighted by Crippen LogP contribution is 2.39. The second-order valence-corrected chi connectivity index (χ2v) is 20.2. The van der Waals surface area contributed by atoms with Crippen molar-refractivity contribution in [2.75, 3.05) is 0 Å². The second-order valence-electron chi connectivity index (χ2n) is 16.4. The fourth-order valence-electron chi connectivity index (χ4n) is 10.4. The van der Waals surface area contributed by atoms with Crippen LogP contribution in [-0.4, -0.2) is 17.2 Å². The van der Waals surface area contributed by atoms with Gasteiger partial charge < -0.3 is 9.13 Å². The predicted molar refractivity (Wildman–Crippen MR) is 270 cm³/mol. The molecule has 0 spiro atoms. The van der Waals surface area contributed by atoms with Crippen LogP contribution in [0, 0.1) is 0 Å². The predicted octanol–water partition coefficient (Wildman–Crippen LogP) is 12.6. The molecule has 0 saturated carbocycles. The van der Waals surface area contributed by atoms with Crippen LogP contribution in [0.5, 0.6) is 0 Å². The molecule has 2 aromatic heterocycles. The Hall–Kier alpha value is -7.98. The molecule has 0 aliphatic rings. The molecular formula is C60H42N2Si. The Kier molecular flexibility index (Phi) is 8.87. The monoisotopic (exact) mass is 818 g/mol. The van der Waals surface area contributed by atoms with E-state index in [0.717, 1.165) is 11.4 Å². The average molecular weight is 819 g/mol. The maximum atomic E-state index is 2.56. The highest BCUT2D eigenvalue weighted by Gasteiger charge is 2.43. The van der Waals surface area contributed by atoms with Crippen molar-refractivity contribution in [2.45, 2.75) is 0 Å². The molecule has 0 atom stereocenters. The first-order valence-electron chi connectivity index (χ1n) is 21.8. The van der Waals surface area contributed by atoms with E-state index in [-0.39, 0.29) is 0 Å². The quantitative estimate of drug-likeness (QED) is 0.107. The Labute approximate surface area is 368 Å². The molecule has 0 fully saturated rings. The molecule has 0 aliphatic heterocycles. The molecule has 63 heavy (non-hydrogen) atoms. The smallest absolute Gasteiger partial charge is 0.181 e. The van der Waals surface area contributed by atoms with Crippen molar-refractivity contribution >= 4 is 72.4 Å². The van der Waals surface area contributed by atoms with Gasteiger partial charge in [0.1, 0.15) is 0 Å². The lowest BCUT2D eigenvalue weighted by Crippen LogP contribution is -2.75. The highest BCUT2D eigenvalue weighted by atomic mass is 28.3. The maximum Gasteiger partial charge on any atom is 0.181 e. The zero-order valence-corrected chi connectivity index (χ0v) is 35.6. The van der Waals surface area contributed by atoms with Gasteiger partial charge in [-0.3, -0.25) is 0 Å². The maximum absolute atomic E-state index is 2.93. The van der Waals surface area contributed by atoms with Crippen LogP contribution in [0.2, 0.25) is 0 Å². The standard InChI is InChI=1S/C60H42N2Si/c1-5-20-43(21-6-1)44-36-38-45(39-37-44)50-28-13-16-32-55(50)62-57-34-18-14-29-51(57)53-41-40-46(42-58(53)62)61-56-33-17-15-30-52(56)54-31-19-35-59(60(54)61)63(47-22-7-2-8-23-47,48-24-9-3-10-25-48)49-26-11-4-12-27-49/h1-42H. The van der Waals surface area contributed by atoms with E-state index < -0.39 is 8.07 Å². The Balaban J connectivity index is 1.15. The van der Waals surface area contributed by atoms with E-state index in [9.17, 15) is 0 Å². The first kappa shape index (κ1) is 36.8. The molecule has 2 nitrogen and oxygen atoms in total. The van der Waals surface area contributed by atoms with Gasteiger partial charge >= 0.3 is 0 Å². The van der Waals surface area contributed by atoms with E-state index in [1.807, 2.05) is 0 Å². The van der Waals surface area contributed by atoms with Crippen LogP contribution >= 0.6 is 0 Å². The number of aromatic nitrogens is 2. The Morgan fingerprint density at radius 3 is 1.38 bits per heavy atom. The molecular weight excluding hydrogens is 777 g/mol. The van der Waals surface area contributed by atoms with Crippen molar-refractivity contribution in [3.63, 3.8) is 0 Å². The van der Waals surface area contributed by atoms with Crippen molar-refractivity contribution < 1.29 is 0 Å². The van der Waals surface area contributed by atoms with Gasteiger partial charge in [-0.25, -0.2) is 0 Å². The van der Waals surface area contributed by atoms with Gasteiger partial charge in [0.15, 0.2) is 8.07 Å². The normalized spacial score (nSPS) is 11.8. The fourth-order valence-corrected chi connectivity index (χ4v) is 15.3. The summed E-state index contributed by atoms with van der Waals surface area (Å²) in [4.78, 5) is 0. The molecule has 0 aliphatic carbocycles. The highest BCUT2D eigenvalue weighted by molar-refractivity contribution is 7.20. The Morgan fingerprint density at radius 2 is 0.746 bits per heavy atom. The molecule has 0 unspecified atom stereocenters. The van der Waals surface area contributed by atoms with Crippen LogP contribution < -0.4 is 20.7 Å². The number of para-hydroxylation sites is 4. The second kappa shape index (κ2) is 15.2. The lowest BCUT2D eigenvalue weighted by Gasteiger charge is -2.35. The molecule has 0 N–H and O–H groups in total. The summed E-state index contributed by atoms with van der Waals surface area (Å²) < 4.78 is 5.05. The summed E-state index contributed by atoms with van der Waals surface area (Å²) in [5.74, 6) is 0. The van der Waals surface area contributed by atoms with Gasteiger partial charge in [0, 0.05) is 32.8 Å². The molecule has 2 heterocycles. The van der Waals surface area contributed by atoms with E-state index >= 15 is 0 Å². The van der Waals surface area contributed by atoms with Crippen molar-refractivity contribution in [1.29, 1.82) is 0 Å². The number of nitrogens with zero attached hydrogens (tertiary/aromatic N) is 2. The summed E-state index contributed by atoms with van der Waals surface area (Å²) in [6, 6.07) is 94.3. The van der Waals surface area contributed by atoms with Gasteiger partial charge in [-0.1, -0.05) is 224 Å². The Morgan fingerprint density at radius 1 is 0.286 bits per heavy atom. The van der Waals surface area contributed by atoms with Gasteiger partial charge in [0.05, 0.1) is 27.8 Å². The topological polar surface area (TPSA) is 9.86 Å². The van der Waals surface area contributed by atoms with Gasteiger partial charge in [-0.15, -0.1) is 0 Å². The molecule has 10 aromatic carbocycles. The molecule has 0 amide bonds. The zero-order chi connectivity index (χ0) is 41.7. The zero-order valence-electron chi connectivity index (χ0n) is 34.6. The van der Waals surface area contributed by atoms with E-state index in [0.29, 0.717) is 0 Å². The minimum absolute atomic E-state index is 1.13. The first-order chi connectivity index (χ1) is 31.3. The third-order valence-corrected chi connectivity index (χ3v) is 17.9. The number of benzene rings is 10. The van der Waals surface area contributed by atoms with Crippen molar-refractivity contribution in [2.24, 2.45) is 0 Å². The average Bonchev–Trinajstić information content (AvgIpc) is 3.88.